The minimum Gasteiger partial charge on any atom is -0.391 e. The molecule has 22 heavy (non-hydrogen) atoms. The maximum absolute atomic E-state index is 13.5. The van der Waals surface area contributed by atoms with Crippen LogP contribution < -0.4 is 4.90 Å². The predicted octanol–water partition coefficient (Wildman–Crippen LogP) is 1.80. The van der Waals surface area contributed by atoms with Crippen LogP contribution >= 0.6 is 0 Å². The smallest absolute Gasteiger partial charge is 0.182 e. The fourth-order valence-corrected chi connectivity index (χ4v) is 3.05. The molecular formula is C15H14FN5O. The minimum atomic E-state index is -0.485. The number of halogens is 1. The van der Waals surface area contributed by atoms with Gasteiger partial charge in [0.25, 0.3) is 0 Å². The fraction of sp³-hybridized carbons (Fsp3) is 0.267. The summed E-state index contributed by atoms with van der Waals surface area (Å²) in [5.74, 6) is 0.390. The third kappa shape index (κ3) is 2.10. The van der Waals surface area contributed by atoms with E-state index in [4.69, 9.17) is 0 Å². The summed E-state index contributed by atoms with van der Waals surface area (Å²) in [6, 6.07) is 6.33. The highest BCUT2D eigenvalue weighted by Gasteiger charge is 2.34. The molecular weight excluding hydrogens is 285 g/mol. The topological polar surface area (TPSA) is 77.9 Å². The van der Waals surface area contributed by atoms with Gasteiger partial charge >= 0.3 is 0 Å². The van der Waals surface area contributed by atoms with E-state index in [9.17, 15) is 9.50 Å². The lowest BCUT2D eigenvalue weighted by Gasteiger charge is -2.25. The summed E-state index contributed by atoms with van der Waals surface area (Å²) in [6.07, 6.45) is 3.06. The molecule has 1 aliphatic heterocycles. The van der Waals surface area contributed by atoms with E-state index < -0.39 is 6.10 Å². The number of aromatic amines is 1. The quantitative estimate of drug-likeness (QED) is 0.754. The first-order chi connectivity index (χ1) is 10.7. The van der Waals surface area contributed by atoms with Crippen LogP contribution in [0.5, 0.6) is 0 Å². The highest BCUT2D eigenvalue weighted by Crippen LogP contribution is 2.37. The Labute approximate surface area is 125 Å². The summed E-state index contributed by atoms with van der Waals surface area (Å²) in [4.78, 5) is 17.6. The van der Waals surface area contributed by atoms with Crippen molar-refractivity contribution in [2.45, 2.75) is 18.6 Å². The van der Waals surface area contributed by atoms with Gasteiger partial charge in [0, 0.05) is 6.54 Å². The average Bonchev–Trinajstić information content (AvgIpc) is 3.13. The van der Waals surface area contributed by atoms with E-state index >= 15 is 0 Å². The van der Waals surface area contributed by atoms with Crippen LogP contribution in [0.3, 0.4) is 0 Å². The third-order valence-corrected chi connectivity index (χ3v) is 3.99. The molecule has 1 saturated heterocycles. The summed E-state index contributed by atoms with van der Waals surface area (Å²) < 4.78 is 13.5. The highest BCUT2D eigenvalue weighted by atomic mass is 19.1. The zero-order valence-corrected chi connectivity index (χ0v) is 11.6. The fourth-order valence-electron chi connectivity index (χ4n) is 3.05. The van der Waals surface area contributed by atoms with Gasteiger partial charge in [-0.15, -0.1) is 0 Å². The van der Waals surface area contributed by atoms with Gasteiger partial charge in [0.1, 0.15) is 17.7 Å². The molecule has 2 N–H and O–H groups in total. The van der Waals surface area contributed by atoms with Gasteiger partial charge in [-0.1, -0.05) is 12.1 Å². The molecule has 6 nitrogen and oxygen atoms in total. The van der Waals surface area contributed by atoms with Crippen molar-refractivity contribution in [3.8, 4) is 0 Å². The number of β-amino-alcohol motifs (C(OH)–C–C–N with tert-alkyl or cyclic N) is 1. The molecule has 0 amide bonds. The summed E-state index contributed by atoms with van der Waals surface area (Å²) in [7, 11) is 0. The zero-order chi connectivity index (χ0) is 15.1. The Bertz CT molecular complexity index is 820. The van der Waals surface area contributed by atoms with Gasteiger partial charge in [0.2, 0.25) is 0 Å². The van der Waals surface area contributed by atoms with Gasteiger partial charge in [-0.05, 0) is 24.1 Å². The SMILES string of the molecule is OC1CC(c2cccc(F)c2)N(c2ncnc3nc[nH]c23)C1. The maximum atomic E-state index is 13.5. The predicted molar refractivity (Wildman–Crippen MR) is 78.8 cm³/mol. The van der Waals surface area contributed by atoms with Crippen LogP contribution in [0, 0.1) is 5.82 Å². The molecule has 2 aromatic heterocycles. The number of imidazole rings is 1. The van der Waals surface area contributed by atoms with E-state index in [0.717, 1.165) is 11.1 Å². The molecule has 2 unspecified atom stereocenters. The van der Waals surface area contributed by atoms with Crippen LogP contribution in [0.25, 0.3) is 11.2 Å². The van der Waals surface area contributed by atoms with E-state index in [-0.39, 0.29) is 11.9 Å². The number of anilines is 1. The van der Waals surface area contributed by atoms with Crippen molar-refractivity contribution < 1.29 is 9.50 Å². The van der Waals surface area contributed by atoms with Crippen molar-refractivity contribution in [3.05, 3.63) is 48.3 Å². The van der Waals surface area contributed by atoms with Crippen molar-refractivity contribution in [3.63, 3.8) is 0 Å². The normalized spacial score (nSPS) is 21.6. The zero-order valence-electron chi connectivity index (χ0n) is 11.6. The van der Waals surface area contributed by atoms with Gasteiger partial charge in [-0.2, -0.15) is 0 Å². The Balaban J connectivity index is 1.80. The number of hydrogen-bond acceptors (Lipinski definition) is 5. The van der Waals surface area contributed by atoms with E-state index in [2.05, 4.69) is 19.9 Å². The number of rotatable bonds is 2. The maximum Gasteiger partial charge on any atom is 0.182 e. The number of nitrogens with one attached hydrogen (secondary N) is 1. The molecule has 2 atom stereocenters. The number of benzene rings is 1. The largest absolute Gasteiger partial charge is 0.391 e. The summed E-state index contributed by atoms with van der Waals surface area (Å²) in [5.41, 5.74) is 2.12. The Morgan fingerprint density at radius 3 is 3.05 bits per heavy atom. The first-order valence-corrected chi connectivity index (χ1v) is 7.06. The van der Waals surface area contributed by atoms with E-state index in [1.807, 2.05) is 11.0 Å². The lowest BCUT2D eigenvalue weighted by molar-refractivity contribution is 0.194. The van der Waals surface area contributed by atoms with E-state index in [1.54, 1.807) is 12.4 Å². The Hall–Kier alpha value is -2.54. The second-order valence-electron chi connectivity index (χ2n) is 5.41. The number of fused-ring (bicyclic) bond motifs is 1. The van der Waals surface area contributed by atoms with Gasteiger partial charge < -0.3 is 15.0 Å². The molecule has 4 rings (SSSR count). The first-order valence-electron chi connectivity index (χ1n) is 7.06. The monoisotopic (exact) mass is 299 g/mol. The highest BCUT2D eigenvalue weighted by molar-refractivity contribution is 5.83. The van der Waals surface area contributed by atoms with Crippen LogP contribution in [0.15, 0.2) is 36.9 Å². The molecule has 0 bridgehead atoms. The molecule has 0 aliphatic carbocycles. The number of nitrogens with zero attached hydrogens (tertiary/aromatic N) is 4. The summed E-state index contributed by atoms with van der Waals surface area (Å²) in [5, 5.41) is 10.1. The first kappa shape index (κ1) is 13.1. The van der Waals surface area contributed by atoms with Gasteiger partial charge in [0.05, 0.1) is 18.5 Å². The molecule has 3 aromatic rings. The standard InChI is InChI=1S/C15H14FN5O/c16-10-3-1-2-9(4-10)12-5-11(22)6-21(12)15-13-14(18-7-17-13)19-8-20-15/h1-4,7-8,11-12,22H,5-6H2,(H,17,18,19,20). The molecule has 7 heteroatoms. The van der Waals surface area contributed by atoms with Crippen molar-refractivity contribution >= 4 is 17.0 Å². The molecule has 0 radical (unpaired) electrons. The lowest BCUT2D eigenvalue weighted by Crippen LogP contribution is -2.25. The number of H-pyrrole nitrogens is 1. The van der Waals surface area contributed by atoms with Crippen LogP contribution in [-0.4, -0.2) is 37.7 Å². The molecule has 1 fully saturated rings. The van der Waals surface area contributed by atoms with Crippen molar-refractivity contribution in [1.82, 2.24) is 19.9 Å². The molecule has 0 saturated carbocycles. The van der Waals surface area contributed by atoms with Crippen LogP contribution in [-0.2, 0) is 0 Å². The lowest BCUT2D eigenvalue weighted by atomic mass is 10.0. The van der Waals surface area contributed by atoms with E-state index in [1.165, 1.54) is 18.5 Å². The Kier molecular flexibility index (Phi) is 3.00. The second-order valence-corrected chi connectivity index (χ2v) is 5.41. The van der Waals surface area contributed by atoms with Crippen molar-refractivity contribution in [1.29, 1.82) is 0 Å². The molecule has 3 heterocycles. The van der Waals surface area contributed by atoms with Crippen LogP contribution in [0.2, 0.25) is 0 Å². The van der Waals surface area contributed by atoms with Gasteiger partial charge in [-0.3, -0.25) is 0 Å². The minimum absolute atomic E-state index is 0.132. The Morgan fingerprint density at radius 1 is 1.27 bits per heavy atom. The van der Waals surface area contributed by atoms with Crippen molar-refractivity contribution in [2.75, 3.05) is 11.4 Å². The number of hydrogen-bond donors (Lipinski definition) is 2. The van der Waals surface area contributed by atoms with E-state index in [0.29, 0.717) is 24.4 Å². The van der Waals surface area contributed by atoms with Gasteiger partial charge in [0.15, 0.2) is 11.5 Å². The second kappa shape index (κ2) is 5.03. The Morgan fingerprint density at radius 2 is 2.18 bits per heavy atom. The van der Waals surface area contributed by atoms with Crippen molar-refractivity contribution in [2.24, 2.45) is 0 Å². The number of aliphatic hydroxyl groups is 1. The molecule has 1 aromatic carbocycles. The third-order valence-electron chi connectivity index (χ3n) is 3.99. The molecule has 0 spiro atoms. The average molecular weight is 299 g/mol. The summed E-state index contributed by atoms with van der Waals surface area (Å²) in [6.45, 7) is 0.437. The van der Waals surface area contributed by atoms with Crippen LogP contribution in [0.1, 0.15) is 18.0 Å². The summed E-state index contributed by atoms with van der Waals surface area (Å²) >= 11 is 0. The van der Waals surface area contributed by atoms with Crippen LogP contribution in [0.4, 0.5) is 10.2 Å². The number of aliphatic hydroxyl groups excluding tert-OH is 1. The molecule has 112 valence electrons. The molecule has 1 aliphatic rings. The van der Waals surface area contributed by atoms with Gasteiger partial charge in [-0.25, -0.2) is 19.3 Å². The number of aromatic nitrogens is 4.